The molecular formula is C21H19ClF4N4O. The standard InChI is InChI=1S/C21H19ClF4N4O/c1-11-8-15(21(24,25)26)14(10-27)19(28-11)30-12(2)4-7-18(30)20(31)29(3)13-5-6-17(23)16(22)9-13/h5-6,8-9,12,18H,4,7H2,1-3H3/t12-,18+/m1/s1. The molecule has 1 aromatic carbocycles. The molecule has 1 aromatic heterocycles. The monoisotopic (exact) mass is 454 g/mol. The molecule has 5 nitrogen and oxygen atoms in total. The molecule has 31 heavy (non-hydrogen) atoms. The van der Waals surface area contributed by atoms with Gasteiger partial charge in [0.2, 0.25) is 5.91 Å². The Balaban J connectivity index is 2.05. The zero-order chi connectivity index (χ0) is 23.1. The van der Waals surface area contributed by atoms with Crippen LogP contribution in [0.2, 0.25) is 5.02 Å². The van der Waals surface area contributed by atoms with E-state index < -0.39 is 35.1 Å². The highest BCUT2D eigenvalue weighted by molar-refractivity contribution is 6.31. The van der Waals surface area contributed by atoms with Crippen molar-refractivity contribution in [1.82, 2.24) is 4.98 Å². The lowest BCUT2D eigenvalue weighted by molar-refractivity contribution is -0.137. The van der Waals surface area contributed by atoms with Crippen molar-refractivity contribution in [1.29, 1.82) is 5.26 Å². The van der Waals surface area contributed by atoms with Crippen LogP contribution < -0.4 is 9.80 Å². The van der Waals surface area contributed by atoms with Gasteiger partial charge in [-0.2, -0.15) is 18.4 Å². The number of halogens is 5. The van der Waals surface area contributed by atoms with Crippen molar-refractivity contribution >= 4 is 29.0 Å². The molecule has 2 atom stereocenters. The molecule has 1 aliphatic heterocycles. The van der Waals surface area contributed by atoms with Gasteiger partial charge in [0, 0.05) is 24.5 Å². The number of nitriles is 1. The van der Waals surface area contributed by atoms with Crippen molar-refractivity contribution in [2.45, 2.75) is 44.9 Å². The zero-order valence-electron chi connectivity index (χ0n) is 17.0. The largest absolute Gasteiger partial charge is 0.417 e. The second-order valence-corrected chi connectivity index (χ2v) is 7.87. The van der Waals surface area contributed by atoms with Crippen LogP contribution in [0.3, 0.4) is 0 Å². The van der Waals surface area contributed by atoms with Crippen molar-refractivity contribution < 1.29 is 22.4 Å². The Labute approximate surface area is 181 Å². The summed E-state index contributed by atoms with van der Waals surface area (Å²) in [6.07, 6.45) is -3.85. The van der Waals surface area contributed by atoms with Crippen LogP contribution in [0.25, 0.3) is 0 Å². The number of hydrogen-bond donors (Lipinski definition) is 0. The van der Waals surface area contributed by atoms with E-state index in [1.54, 1.807) is 13.0 Å². The van der Waals surface area contributed by atoms with Gasteiger partial charge in [0.25, 0.3) is 0 Å². The number of benzene rings is 1. The predicted molar refractivity (Wildman–Crippen MR) is 108 cm³/mol. The van der Waals surface area contributed by atoms with Gasteiger partial charge in [-0.3, -0.25) is 4.79 Å². The Morgan fingerprint density at radius 1 is 1.32 bits per heavy atom. The summed E-state index contributed by atoms with van der Waals surface area (Å²) in [7, 11) is 1.48. The van der Waals surface area contributed by atoms with E-state index in [9.17, 15) is 27.6 Å². The van der Waals surface area contributed by atoms with E-state index in [0.717, 1.165) is 12.1 Å². The Kier molecular flexibility index (Phi) is 6.14. The number of likely N-dealkylation sites (N-methyl/N-ethyl adjacent to an activating group) is 1. The van der Waals surface area contributed by atoms with Gasteiger partial charge in [0.15, 0.2) is 0 Å². The highest BCUT2D eigenvalue weighted by Crippen LogP contribution is 2.39. The summed E-state index contributed by atoms with van der Waals surface area (Å²) in [6, 6.07) is 5.10. The first-order valence-corrected chi connectivity index (χ1v) is 9.83. The molecule has 3 rings (SSSR count). The number of carbonyl (C=O) groups excluding carboxylic acids is 1. The van der Waals surface area contributed by atoms with Gasteiger partial charge in [0.1, 0.15) is 29.3 Å². The first kappa shape index (κ1) is 22.8. The fourth-order valence-corrected chi connectivity index (χ4v) is 3.98. The summed E-state index contributed by atoms with van der Waals surface area (Å²) in [4.78, 5) is 20.2. The topological polar surface area (TPSA) is 60.2 Å². The van der Waals surface area contributed by atoms with Crippen LogP contribution in [0, 0.1) is 24.1 Å². The lowest BCUT2D eigenvalue weighted by Gasteiger charge is -2.33. The number of rotatable bonds is 3. The summed E-state index contributed by atoms with van der Waals surface area (Å²) in [5.41, 5.74) is -1.27. The van der Waals surface area contributed by atoms with Crippen molar-refractivity contribution in [2.24, 2.45) is 0 Å². The second kappa shape index (κ2) is 8.35. The van der Waals surface area contributed by atoms with Gasteiger partial charge in [-0.05, 0) is 51.0 Å². The van der Waals surface area contributed by atoms with E-state index in [-0.39, 0.29) is 22.6 Å². The first-order chi connectivity index (χ1) is 14.5. The Hall–Kier alpha value is -2.86. The lowest BCUT2D eigenvalue weighted by Crippen LogP contribution is -2.47. The number of carbonyl (C=O) groups is 1. The molecule has 10 heteroatoms. The third kappa shape index (κ3) is 4.30. The molecule has 0 spiro atoms. The van der Waals surface area contributed by atoms with Gasteiger partial charge >= 0.3 is 6.18 Å². The van der Waals surface area contributed by atoms with Crippen LogP contribution in [0.4, 0.5) is 29.1 Å². The molecule has 2 heterocycles. The Morgan fingerprint density at radius 3 is 2.58 bits per heavy atom. The SMILES string of the molecule is Cc1cc(C(F)(F)F)c(C#N)c(N2[C@H](C)CC[C@H]2C(=O)N(C)c2ccc(F)c(Cl)c2)n1. The normalized spacial score (nSPS) is 18.7. The molecule has 0 saturated carbocycles. The summed E-state index contributed by atoms with van der Waals surface area (Å²) in [6.45, 7) is 3.17. The van der Waals surface area contributed by atoms with E-state index in [0.29, 0.717) is 18.5 Å². The molecule has 1 saturated heterocycles. The van der Waals surface area contributed by atoms with E-state index in [1.165, 1.54) is 35.9 Å². The molecule has 1 fully saturated rings. The summed E-state index contributed by atoms with van der Waals surface area (Å²) in [5.74, 6) is -1.22. The number of nitrogens with zero attached hydrogens (tertiary/aromatic N) is 4. The molecule has 0 bridgehead atoms. The number of aromatic nitrogens is 1. The van der Waals surface area contributed by atoms with Crippen LogP contribution in [-0.4, -0.2) is 30.0 Å². The second-order valence-electron chi connectivity index (χ2n) is 7.46. The molecule has 164 valence electrons. The minimum absolute atomic E-state index is 0.0882. The van der Waals surface area contributed by atoms with Gasteiger partial charge in [-0.1, -0.05) is 11.6 Å². The fourth-order valence-electron chi connectivity index (χ4n) is 3.81. The van der Waals surface area contributed by atoms with Gasteiger partial charge in [-0.15, -0.1) is 0 Å². The number of anilines is 2. The van der Waals surface area contributed by atoms with Crippen molar-refractivity contribution in [3.63, 3.8) is 0 Å². The van der Waals surface area contributed by atoms with E-state index in [2.05, 4.69) is 4.98 Å². The fraction of sp³-hybridized carbons (Fsp3) is 0.381. The number of hydrogen-bond acceptors (Lipinski definition) is 4. The number of pyridine rings is 1. The highest BCUT2D eigenvalue weighted by Gasteiger charge is 2.42. The van der Waals surface area contributed by atoms with Crippen molar-refractivity contribution in [3.8, 4) is 6.07 Å². The Morgan fingerprint density at radius 2 is 2.00 bits per heavy atom. The molecule has 0 unspecified atom stereocenters. The van der Waals surface area contributed by atoms with Crippen LogP contribution >= 0.6 is 11.6 Å². The number of alkyl halides is 3. The van der Waals surface area contributed by atoms with E-state index in [1.807, 2.05) is 0 Å². The summed E-state index contributed by atoms with van der Waals surface area (Å²) >= 11 is 5.81. The van der Waals surface area contributed by atoms with Gasteiger partial charge in [-0.25, -0.2) is 9.37 Å². The van der Waals surface area contributed by atoms with E-state index in [4.69, 9.17) is 11.6 Å². The van der Waals surface area contributed by atoms with Crippen LogP contribution in [0.15, 0.2) is 24.3 Å². The lowest BCUT2D eigenvalue weighted by atomic mass is 10.1. The molecule has 1 amide bonds. The minimum Gasteiger partial charge on any atom is -0.341 e. The maximum absolute atomic E-state index is 13.5. The van der Waals surface area contributed by atoms with Gasteiger partial charge in [0.05, 0.1) is 10.6 Å². The quantitative estimate of drug-likeness (QED) is 0.606. The van der Waals surface area contributed by atoms with Crippen LogP contribution in [0.1, 0.15) is 36.6 Å². The third-order valence-corrected chi connectivity index (χ3v) is 5.65. The summed E-state index contributed by atoms with van der Waals surface area (Å²) < 4.78 is 54.1. The number of amides is 1. The third-order valence-electron chi connectivity index (χ3n) is 5.36. The van der Waals surface area contributed by atoms with Crippen molar-refractivity contribution in [2.75, 3.05) is 16.8 Å². The zero-order valence-corrected chi connectivity index (χ0v) is 17.7. The molecule has 0 radical (unpaired) electrons. The summed E-state index contributed by atoms with van der Waals surface area (Å²) in [5, 5.41) is 9.35. The molecule has 2 aromatic rings. The van der Waals surface area contributed by atoms with Crippen LogP contribution in [0.5, 0.6) is 0 Å². The average Bonchev–Trinajstić information content (AvgIpc) is 3.08. The first-order valence-electron chi connectivity index (χ1n) is 9.45. The Bertz CT molecular complexity index is 1070. The van der Waals surface area contributed by atoms with Crippen LogP contribution in [-0.2, 0) is 11.0 Å². The molecule has 0 N–H and O–H groups in total. The average molecular weight is 455 g/mol. The van der Waals surface area contributed by atoms with Crippen molar-refractivity contribution in [3.05, 3.63) is 51.9 Å². The highest BCUT2D eigenvalue weighted by atomic mass is 35.5. The molecule has 0 aliphatic carbocycles. The van der Waals surface area contributed by atoms with Gasteiger partial charge < -0.3 is 9.80 Å². The maximum Gasteiger partial charge on any atom is 0.417 e. The minimum atomic E-state index is -4.74. The number of aryl methyl sites for hydroxylation is 1. The maximum atomic E-state index is 13.5. The molecular weight excluding hydrogens is 436 g/mol. The molecule has 1 aliphatic rings. The predicted octanol–water partition coefficient (Wildman–Crippen LogP) is 5.09. The smallest absolute Gasteiger partial charge is 0.341 e. The van der Waals surface area contributed by atoms with E-state index >= 15 is 0 Å².